The Hall–Kier alpha value is -1.45. The zero-order chi connectivity index (χ0) is 13.0. The molecule has 0 aliphatic rings. The number of nitrogens with zero attached hydrogens (tertiary/aromatic N) is 2. The Morgan fingerprint density at radius 3 is 2.61 bits per heavy atom. The molecule has 1 N–H and O–H groups in total. The summed E-state index contributed by atoms with van der Waals surface area (Å²) in [6, 6.07) is 5.94. The van der Waals surface area contributed by atoms with Gasteiger partial charge < -0.3 is 5.32 Å². The Morgan fingerprint density at radius 1 is 1.11 bits per heavy atom. The minimum atomic E-state index is 0.718. The minimum Gasteiger partial charge on any atom is -0.307 e. The lowest BCUT2D eigenvalue weighted by atomic mass is 10.1. The first kappa shape index (κ1) is 13.0. The number of rotatable bonds is 4. The average molecular weight is 262 g/mol. The van der Waals surface area contributed by atoms with Crippen LogP contribution in [0.4, 0.5) is 0 Å². The number of benzene rings is 1. The highest BCUT2D eigenvalue weighted by molar-refractivity contribution is 6.30. The summed E-state index contributed by atoms with van der Waals surface area (Å²) in [5, 5.41) is 4.13. The maximum absolute atomic E-state index is 5.92. The Morgan fingerprint density at radius 2 is 1.94 bits per heavy atom. The fourth-order valence-electron chi connectivity index (χ4n) is 1.69. The number of halogens is 1. The summed E-state index contributed by atoms with van der Waals surface area (Å²) in [6.45, 7) is 5.52. The van der Waals surface area contributed by atoms with Crippen LogP contribution in [0.1, 0.15) is 22.5 Å². The van der Waals surface area contributed by atoms with Crippen LogP contribution in [0.3, 0.4) is 0 Å². The third-order valence-electron chi connectivity index (χ3n) is 2.76. The molecule has 1 aromatic heterocycles. The SMILES string of the molecule is Cc1cnc(CNCc2ccc(Cl)cc2C)cn1. The Bertz CT molecular complexity index is 523. The molecule has 0 saturated carbocycles. The van der Waals surface area contributed by atoms with Crippen LogP contribution < -0.4 is 5.32 Å². The fraction of sp³-hybridized carbons (Fsp3) is 0.286. The molecule has 1 aromatic carbocycles. The molecule has 0 saturated heterocycles. The van der Waals surface area contributed by atoms with E-state index in [0.29, 0.717) is 0 Å². The first-order chi connectivity index (χ1) is 8.65. The van der Waals surface area contributed by atoms with Gasteiger partial charge in [-0.1, -0.05) is 17.7 Å². The van der Waals surface area contributed by atoms with E-state index in [1.54, 1.807) is 12.4 Å². The van der Waals surface area contributed by atoms with Crippen molar-refractivity contribution in [1.82, 2.24) is 15.3 Å². The van der Waals surface area contributed by atoms with E-state index in [4.69, 9.17) is 11.6 Å². The molecule has 0 radical (unpaired) electrons. The summed E-state index contributed by atoms with van der Waals surface area (Å²) >= 11 is 5.92. The zero-order valence-corrected chi connectivity index (χ0v) is 11.3. The third-order valence-corrected chi connectivity index (χ3v) is 3.00. The molecule has 0 fully saturated rings. The van der Waals surface area contributed by atoms with E-state index < -0.39 is 0 Å². The van der Waals surface area contributed by atoms with Gasteiger partial charge in [0.05, 0.1) is 11.4 Å². The van der Waals surface area contributed by atoms with E-state index in [0.717, 1.165) is 29.5 Å². The molecule has 0 atom stereocenters. The van der Waals surface area contributed by atoms with E-state index in [1.165, 1.54) is 11.1 Å². The number of aromatic nitrogens is 2. The highest BCUT2D eigenvalue weighted by Crippen LogP contribution is 2.14. The summed E-state index contributed by atoms with van der Waals surface area (Å²) in [7, 11) is 0. The smallest absolute Gasteiger partial charge is 0.0724 e. The van der Waals surface area contributed by atoms with Gasteiger partial charge in [-0.3, -0.25) is 9.97 Å². The molecule has 0 amide bonds. The van der Waals surface area contributed by atoms with Crippen molar-refractivity contribution in [2.75, 3.05) is 0 Å². The molecule has 0 aliphatic heterocycles. The molecular weight excluding hydrogens is 246 g/mol. The van der Waals surface area contributed by atoms with Crippen LogP contribution in [0.5, 0.6) is 0 Å². The lowest BCUT2D eigenvalue weighted by molar-refractivity contribution is 0.673. The Labute approximate surface area is 112 Å². The van der Waals surface area contributed by atoms with E-state index in [2.05, 4.69) is 22.2 Å². The monoisotopic (exact) mass is 261 g/mol. The molecule has 94 valence electrons. The summed E-state index contributed by atoms with van der Waals surface area (Å²) in [5.41, 5.74) is 4.34. The molecule has 0 unspecified atom stereocenters. The minimum absolute atomic E-state index is 0.718. The summed E-state index contributed by atoms with van der Waals surface area (Å²) in [5.74, 6) is 0. The topological polar surface area (TPSA) is 37.8 Å². The van der Waals surface area contributed by atoms with Crippen molar-refractivity contribution in [2.24, 2.45) is 0 Å². The second-order valence-corrected chi connectivity index (χ2v) is 4.76. The van der Waals surface area contributed by atoms with E-state index in [1.807, 2.05) is 25.1 Å². The Kier molecular flexibility index (Phi) is 4.28. The molecule has 2 rings (SSSR count). The summed E-state index contributed by atoms with van der Waals surface area (Å²) in [6.07, 6.45) is 3.58. The molecular formula is C14H16ClN3. The predicted octanol–water partition coefficient (Wildman–Crippen LogP) is 3.04. The number of hydrogen-bond acceptors (Lipinski definition) is 3. The van der Waals surface area contributed by atoms with Crippen LogP contribution in [-0.4, -0.2) is 9.97 Å². The van der Waals surface area contributed by atoms with Gasteiger partial charge in [-0.15, -0.1) is 0 Å². The molecule has 0 spiro atoms. The van der Waals surface area contributed by atoms with Gasteiger partial charge in [-0.05, 0) is 37.1 Å². The van der Waals surface area contributed by atoms with Crippen LogP contribution in [0.2, 0.25) is 5.02 Å². The van der Waals surface area contributed by atoms with Crippen LogP contribution in [0, 0.1) is 13.8 Å². The number of aryl methyl sites for hydroxylation is 2. The van der Waals surface area contributed by atoms with Crippen molar-refractivity contribution in [3.63, 3.8) is 0 Å². The van der Waals surface area contributed by atoms with Crippen molar-refractivity contribution in [1.29, 1.82) is 0 Å². The number of nitrogens with one attached hydrogen (secondary N) is 1. The summed E-state index contributed by atoms with van der Waals surface area (Å²) < 4.78 is 0. The van der Waals surface area contributed by atoms with Crippen LogP contribution >= 0.6 is 11.6 Å². The van der Waals surface area contributed by atoms with E-state index in [9.17, 15) is 0 Å². The predicted molar refractivity (Wildman–Crippen MR) is 73.5 cm³/mol. The van der Waals surface area contributed by atoms with E-state index >= 15 is 0 Å². The van der Waals surface area contributed by atoms with Crippen LogP contribution in [0.15, 0.2) is 30.6 Å². The molecule has 0 aliphatic carbocycles. The Balaban J connectivity index is 1.90. The molecule has 4 heteroatoms. The lowest BCUT2D eigenvalue weighted by Crippen LogP contribution is -2.14. The van der Waals surface area contributed by atoms with Gasteiger partial charge in [0.1, 0.15) is 0 Å². The maximum Gasteiger partial charge on any atom is 0.0724 e. The van der Waals surface area contributed by atoms with Gasteiger partial charge >= 0.3 is 0 Å². The molecule has 18 heavy (non-hydrogen) atoms. The third kappa shape index (κ3) is 3.52. The van der Waals surface area contributed by atoms with Crippen molar-refractivity contribution >= 4 is 11.6 Å². The average Bonchev–Trinajstić information content (AvgIpc) is 2.34. The molecule has 0 bridgehead atoms. The highest BCUT2D eigenvalue weighted by Gasteiger charge is 2.00. The fourth-order valence-corrected chi connectivity index (χ4v) is 1.92. The second kappa shape index (κ2) is 5.94. The van der Waals surface area contributed by atoms with Gasteiger partial charge in [0.25, 0.3) is 0 Å². The van der Waals surface area contributed by atoms with Crippen molar-refractivity contribution < 1.29 is 0 Å². The lowest BCUT2D eigenvalue weighted by Gasteiger charge is -2.08. The van der Waals surface area contributed by atoms with Crippen LogP contribution in [0.25, 0.3) is 0 Å². The normalized spacial score (nSPS) is 10.6. The van der Waals surface area contributed by atoms with Gasteiger partial charge in [-0.2, -0.15) is 0 Å². The van der Waals surface area contributed by atoms with Gasteiger partial charge in [0.2, 0.25) is 0 Å². The van der Waals surface area contributed by atoms with Crippen LogP contribution in [-0.2, 0) is 13.1 Å². The second-order valence-electron chi connectivity index (χ2n) is 4.32. The molecule has 2 aromatic rings. The quantitative estimate of drug-likeness (QED) is 0.919. The maximum atomic E-state index is 5.92. The van der Waals surface area contributed by atoms with Gasteiger partial charge in [-0.25, -0.2) is 0 Å². The van der Waals surface area contributed by atoms with Gasteiger partial charge in [0.15, 0.2) is 0 Å². The van der Waals surface area contributed by atoms with Crippen molar-refractivity contribution in [2.45, 2.75) is 26.9 Å². The molecule has 3 nitrogen and oxygen atoms in total. The van der Waals surface area contributed by atoms with Crippen molar-refractivity contribution in [3.05, 3.63) is 58.1 Å². The standard InChI is InChI=1S/C14H16ClN3/c1-10-5-13(15)4-3-12(10)7-16-8-14-9-17-11(2)6-18-14/h3-6,9,16H,7-8H2,1-2H3. The van der Waals surface area contributed by atoms with Gasteiger partial charge in [0, 0.05) is 30.5 Å². The zero-order valence-electron chi connectivity index (χ0n) is 10.6. The summed E-state index contributed by atoms with van der Waals surface area (Å²) in [4.78, 5) is 8.51. The first-order valence-corrected chi connectivity index (χ1v) is 6.26. The van der Waals surface area contributed by atoms with Crippen molar-refractivity contribution in [3.8, 4) is 0 Å². The molecule has 1 heterocycles. The van der Waals surface area contributed by atoms with E-state index in [-0.39, 0.29) is 0 Å². The largest absolute Gasteiger partial charge is 0.307 e. The first-order valence-electron chi connectivity index (χ1n) is 5.88. The number of hydrogen-bond donors (Lipinski definition) is 1. The highest BCUT2D eigenvalue weighted by atomic mass is 35.5.